The molecule has 2 N–H and O–H groups in total. The van der Waals surface area contributed by atoms with Crippen LogP contribution in [-0.4, -0.2) is 43.2 Å². The molecule has 1 amide bonds. The van der Waals surface area contributed by atoms with Crippen molar-refractivity contribution in [1.82, 2.24) is 4.90 Å². The van der Waals surface area contributed by atoms with Crippen LogP contribution in [0.3, 0.4) is 0 Å². The van der Waals surface area contributed by atoms with E-state index in [4.69, 9.17) is 15.2 Å². The summed E-state index contributed by atoms with van der Waals surface area (Å²) in [4.78, 5) is 14.7. The minimum Gasteiger partial charge on any atom is -0.486 e. The van der Waals surface area contributed by atoms with Crippen LogP contribution in [0.5, 0.6) is 11.5 Å². The standard InChI is InChI=1S/C17H24N2O3/c1-3-4-12-9-19(10-14(12)18)17(20)13-8-16-15(7-11(13)2)21-5-6-22-16/h7-8,12,14H,3-6,9-10,18H2,1-2H3/t12-,14-/m0/s1. The van der Waals surface area contributed by atoms with Gasteiger partial charge in [-0.2, -0.15) is 0 Å². The lowest BCUT2D eigenvalue weighted by atomic mass is 9.99. The maximum atomic E-state index is 12.8. The number of likely N-dealkylation sites (tertiary alicyclic amines) is 1. The number of amides is 1. The van der Waals surface area contributed by atoms with Crippen LogP contribution in [0, 0.1) is 12.8 Å². The third-order valence-electron chi connectivity index (χ3n) is 4.56. The second-order valence-electron chi connectivity index (χ2n) is 6.23. The Hall–Kier alpha value is -1.75. The molecular formula is C17H24N2O3. The summed E-state index contributed by atoms with van der Waals surface area (Å²) >= 11 is 0. The first kappa shape index (κ1) is 15.2. The Bertz CT molecular complexity index is 573. The number of carbonyl (C=O) groups excluding carboxylic acids is 1. The van der Waals surface area contributed by atoms with Crippen LogP contribution in [0.2, 0.25) is 0 Å². The van der Waals surface area contributed by atoms with Crippen LogP contribution in [0.25, 0.3) is 0 Å². The molecule has 120 valence electrons. The number of carbonyl (C=O) groups is 1. The summed E-state index contributed by atoms with van der Waals surface area (Å²) in [5, 5.41) is 0. The van der Waals surface area contributed by atoms with Crippen LogP contribution in [0.15, 0.2) is 12.1 Å². The molecule has 0 bridgehead atoms. The molecule has 0 aromatic heterocycles. The summed E-state index contributed by atoms with van der Waals surface area (Å²) in [6.45, 7) is 6.56. The summed E-state index contributed by atoms with van der Waals surface area (Å²) in [6, 6.07) is 3.79. The minimum absolute atomic E-state index is 0.0449. The Kier molecular flexibility index (Phi) is 4.25. The van der Waals surface area contributed by atoms with E-state index in [-0.39, 0.29) is 11.9 Å². The van der Waals surface area contributed by atoms with Crippen molar-refractivity contribution >= 4 is 5.91 Å². The number of aryl methyl sites for hydroxylation is 1. The van der Waals surface area contributed by atoms with Gasteiger partial charge < -0.3 is 20.1 Å². The fourth-order valence-electron chi connectivity index (χ4n) is 3.33. The van der Waals surface area contributed by atoms with Gasteiger partial charge in [0.15, 0.2) is 11.5 Å². The Morgan fingerprint density at radius 3 is 2.64 bits per heavy atom. The molecule has 1 saturated heterocycles. The molecule has 5 nitrogen and oxygen atoms in total. The zero-order chi connectivity index (χ0) is 15.7. The van der Waals surface area contributed by atoms with E-state index in [1.165, 1.54) is 0 Å². The first-order chi connectivity index (χ1) is 10.6. The molecule has 0 unspecified atom stereocenters. The highest BCUT2D eigenvalue weighted by Crippen LogP contribution is 2.34. The third kappa shape index (κ3) is 2.77. The summed E-state index contributed by atoms with van der Waals surface area (Å²) < 4.78 is 11.2. The Balaban J connectivity index is 1.81. The Morgan fingerprint density at radius 1 is 1.27 bits per heavy atom. The number of ether oxygens (including phenoxy) is 2. The van der Waals surface area contributed by atoms with Crippen molar-refractivity contribution in [3.05, 3.63) is 23.3 Å². The first-order valence-corrected chi connectivity index (χ1v) is 8.05. The van der Waals surface area contributed by atoms with Gasteiger partial charge in [-0.1, -0.05) is 13.3 Å². The van der Waals surface area contributed by atoms with Crippen molar-refractivity contribution in [3.63, 3.8) is 0 Å². The van der Waals surface area contributed by atoms with E-state index < -0.39 is 0 Å². The van der Waals surface area contributed by atoms with Crippen LogP contribution >= 0.6 is 0 Å². The molecule has 1 fully saturated rings. The van der Waals surface area contributed by atoms with Gasteiger partial charge in [-0.05, 0) is 37.0 Å². The molecule has 22 heavy (non-hydrogen) atoms. The second-order valence-corrected chi connectivity index (χ2v) is 6.23. The highest BCUT2D eigenvalue weighted by atomic mass is 16.6. The fraction of sp³-hybridized carbons (Fsp3) is 0.588. The van der Waals surface area contributed by atoms with Crippen LogP contribution < -0.4 is 15.2 Å². The molecule has 2 atom stereocenters. The normalized spacial score (nSPS) is 23.7. The zero-order valence-corrected chi connectivity index (χ0v) is 13.3. The largest absolute Gasteiger partial charge is 0.486 e. The smallest absolute Gasteiger partial charge is 0.254 e. The molecule has 5 heteroatoms. The quantitative estimate of drug-likeness (QED) is 0.927. The number of rotatable bonds is 3. The molecule has 1 aromatic rings. The topological polar surface area (TPSA) is 64.8 Å². The maximum absolute atomic E-state index is 12.8. The van der Waals surface area contributed by atoms with Gasteiger partial charge in [0.2, 0.25) is 0 Å². The minimum atomic E-state index is 0.0449. The van der Waals surface area contributed by atoms with E-state index in [9.17, 15) is 4.79 Å². The van der Waals surface area contributed by atoms with E-state index in [0.717, 1.165) is 30.7 Å². The summed E-state index contributed by atoms with van der Waals surface area (Å²) in [5.41, 5.74) is 7.79. The fourth-order valence-corrected chi connectivity index (χ4v) is 3.33. The second kappa shape index (κ2) is 6.16. The molecule has 0 aliphatic carbocycles. The predicted molar refractivity (Wildman–Crippen MR) is 84.4 cm³/mol. The molecule has 2 aliphatic rings. The lowest BCUT2D eigenvalue weighted by Crippen LogP contribution is -2.32. The van der Waals surface area contributed by atoms with Crippen molar-refractivity contribution in [2.45, 2.75) is 32.7 Å². The van der Waals surface area contributed by atoms with Gasteiger partial charge in [-0.3, -0.25) is 4.79 Å². The van der Waals surface area contributed by atoms with Crippen molar-refractivity contribution in [2.24, 2.45) is 11.7 Å². The van der Waals surface area contributed by atoms with Crippen LogP contribution in [0.4, 0.5) is 0 Å². The first-order valence-electron chi connectivity index (χ1n) is 8.05. The molecule has 0 spiro atoms. The molecular weight excluding hydrogens is 280 g/mol. The van der Waals surface area contributed by atoms with Gasteiger partial charge in [-0.25, -0.2) is 0 Å². The third-order valence-corrected chi connectivity index (χ3v) is 4.56. The Labute approximate surface area is 131 Å². The Morgan fingerprint density at radius 2 is 1.95 bits per heavy atom. The van der Waals surface area contributed by atoms with E-state index in [0.29, 0.717) is 37.0 Å². The molecule has 3 rings (SSSR count). The molecule has 1 aromatic carbocycles. The lowest BCUT2D eigenvalue weighted by molar-refractivity contribution is 0.0783. The lowest BCUT2D eigenvalue weighted by Gasteiger charge is -2.22. The van der Waals surface area contributed by atoms with Gasteiger partial charge in [0, 0.05) is 24.7 Å². The highest BCUT2D eigenvalue weighted by molar-refractivity contribution is 5.96. The van der Waals surface area contributed by atoms with Gasteiger partial charge in [0.05, 0.1) is 0 Å². The number of nitrogens with two attached hydrogens (primary N) is 1. The molecule has 2 aliphatic heterocycles. The summed E-state index contributed by atoms with van der Waals surface area (Å²) in [5.74, 6) is 1.84. The van der Waals surface area contributed by atoms with Gasteiger partial charge >= 0.3 is 0 Å². The van der Waals surface area contributed by atoms with E-state index in [2.05, 4.69) is 6.92 Å². The zero-order valence-electron chi connectivity index (χ0n) is 13.3. The number of nitrogens with zero attached hydrogens (tertiary/aromatic N) is 1. The molecule has 0 saturated carbocycles. The van der Waals surface area contributed by atoms with Gasteiger partial charge in [-0.15, -0.1) is 0 Å². The van der Waals surface area contributed by atoms with Crippen molar-refractivity contribution < 1.29 is 14.3 Å². The van der Waals surface area contributed by atoms with E-state index in [1.807, 2.05) is 24.0 Å². The van der Waals surface area contributed by atoms with Gasteiger partial charge in [0.25, 0.3) is 5.91 Å². The maximum Gasteiger partial charge on any atom is 0.254 e. The van der Waals surface area contributed by atoms with Crippen molar-refractivity contribution in [2.75, 3.05) is 26.3 Å². The number of hydrogen-bond acceptors (Lipinski definition) is 4. The summed E-state index contributed by atoms with van der Waals surface area (Å²) in [7, 11) is 0. The number of benzene rings is 1. The average molecular weight is 304 g/mol. The monoisotopic (exact) mass is 304 g/mol. The van der Waals surface area contributed by atoms with Crippen molar-refractivity contribution in [3.8, 4) is 11.5 Å². The number of hydrogen-bond donors (Lipinski definition) is 1. The van der Waals surface area contributed by atoms with E-state index >= 15 is 0 Å². The van der Waals surface area contributed by atoms with Crippen LogP contribution in [0.1, 0.15) is 35.7 Å². The van der Waals surface area contributed by atoms with E-state index in [1.54, 1.807) is 0 Å². The average Bonchev–Trinajstić information content (AvgIpc) is 2.87. The van der Waals surface area contributed by atoms with Crippen LogP contribution in [-0.2, 0) is 0 Å². The number of fused-ring (bicyclic) bond motifs is 1. The highest BCUT2D eigenvalue weighted by Gasteiger charge is 2.33. The predicted octanol–water partition coefficient (Wildman–Crippen LogP) is 1.97. The molecule has 0 radical (unpaired) electrons. The van der Waals surface area contributed by atoms with Crippen molar-refractivity contribution in [1.29, 1.82) is 0 Å². The SMILES string of the molecule is CCC[C@H]1CN(C(=O)c2cc3c(cc2C)OCCO3)C[C@@H]1N. The molecule has 2 heterocycles. The summed E-state index contributed by atoms with van der Waals surface area (Å²) in [6.07, 6.45) is 2.18. The van der Waals surface area contributed by atoms with Gasteiger partial charge in [0.1, 0.15) is 13.2 Å².